The van der Waals surface area contributed by atoms with Gasteiger partial charge in [0.05, 0.1) is 17.1 Å². The van der Waals surface area contributed by atoms with Crippen LogP contribution in [0.3, 0.4) is 0 Å². The second-order valence-corrected chi connectivity index (χ2v) is 21.1. The van der Waals surface area contributed by atoms with Crippen LogP contribution in [0.25, 0.3) is 0 Å². The van der Waals surface area contributed by atoms with Crippen molar-refractivity contribution in [1.29, 1.82) is 0 Å². The van der Waals surface area contributed by atoms with Crippen molar-refractivity contribution in [3.63, 3.8) is 0 Å². The topological polar surface area (TPSA) is 288 Å². The number of aliphatic carboxylic acids is 1. The van der Waals surface area contributed by atoms with E-state index >= 15 is 0 Å². The predicted octanol–water partition coefficient (Wildman–Crippen LogP) is 4.20. The van der Waals surface area contributed by atoms with Gasteiger partial charge in [-0.15, -0.1) is 11.3 Å². The van der Waals surface area contributed by atoms with E-state index in [-0.39, 0.29) is 104 Å². The molecule has 2 aliphatic heterocycles. The molecule has 0 fully saturated rings. The van der Waals surface area contributed by atoms with Gasteiger partial charge in [-0.3, -0.25) is 67.4 Å². The molecule has 0 radical (unpaired) electrons. The van der Waals surface area contributed by atoms with Gasteiger partial charge in [-0.1, -0.05) is 47.1 Å². The van der Waals surface area contributed by atoms with E-state index < -0.39 is 89.0 Å². The third kappa shape index (κ3) is 16.9. The zero-order valence-electron chi connectivity index (χ0n) is 45.1. The molecule has 4 rings (SSSR count). The maximum absolute atomic E-state index is 14.3. The minimum absolute atomic E-state index is 0.00675. The predicted molar refractivity (Wildman–Crippen MR) is 279 cm³/mol. The number of carboxylic acids is 1. The molecule has 22 nitrogen and oxygen atoms in total. The second kappa shape index (κ2) is 27.6. The number of nitrogens with one attached hydrogen (secondary N) is 3. The van der Waals surface area contributed by atoms with Gasteiger partial charge in [0.15, 0.2) is 11.9 Å². The molecule has 2 aromatic rings. The largest absolute Gasteiger partial charge is 0.481 e. The number of hydrogen-bond acceptors (Lipinski definition) is 16. The standard InChI is InChI=1S/C53H72N8O14S/c1-12-31(4)47(57-52(73)53(7,8)58(9)10)50(70)59(11)38(30(2)3)28-40(74-33(6)62)49-56-37(29-76-49)48(69)54-35(25-32(5)51(71)72)26-34-17-18-39(75-46(68)16-14-24-61-44(66)21-22-45(61)67)36(27-34)55-41(63)15-13-23-60-42(64)19-20-43(60)65/h17-22,27,29-32,35,38,40,47H,12-16,23-26,28H2,1-11H3,(H,54,69)(H,55,63)(H,57,73)(H,71,72). The number of imide groups is 2. The van der Waals surface area contributed by atoms with Crippen molar-refractivity contribution in [2.24, 2.45) is 17.8 Å². The SMILES string of the molecule is CCC(C)C(NC(=O)C(C)(C)N(C)C)C(=O)N(C)C(CC(OC(C)=O)c1nc(C(=O)NC(Cc2ccc(OC(=O)CCCN3C(=O)C=CC3=O)c(NC(=O)CCCN3C(=O)C=CC3=O)c2)CC(C)C(=O)O)cs1)C(C)C. The van der Waals surface area contributed by atoms with E-state index in [1.807, 2.05) is 27.7 Å². The van der Waals surface area contributed by atoms with Crippen LogP contribution >= 0.6 is 11.3 Å². The number of ether oxygens (including phenoxy) is 2. The molecule has 0 saturated carbocycles. The van der Waals surface area contributed by atoms with Crippen molar-refractivity contribution < 1.29 is 67.3 Å². The van der Waals surface area contributed by atoms with Gasteiger partial charge >= 0.3 is 17.9 Å². The molecule has 414 valence electrons. The third-order valence-corrected chi connectivity index (χ3v) is 14.6. The molecule has 0 saturated heterocycles. The molecular weight excluding hydrogens is 1000 g/mol. The molecule has 1 aromatic heterocycles. The zero-order valence-corrected chi connectivity index (χ0v) is 45.9. The average Bonchev–Trinajstić information content (AvgIpc) is 4.06. The average molecular weight is 1080 g/mol. The van der Waals surface area contributed by atoms with Gasteiger partial charge in [0.25, 0.3) is 29.5 Å². The van der Waals surface area contributed by atoms with Crippen molar-refractivity contribution in [3.05, 3.63) is 64.1 Å². The monoisotopic (exact) mass is 1080 g/mol. The number of rotatable bonds is 29. The number of esters is 2. The van der Waals surface area contributed by atoms with Gasteiger partial charge in [-0.05, 0) is 83.2 Å². The van der Waals surface area contributed by atoms with Gasteiger partial charge in [-0.25, -0.2) is 4.98 Å². The lowest BCUT2D eigenvalue weighted by molar-refractivity contribution is -0.149. The Labute approximate surface area is 447 Å². The summed E-state index contributed by atoms with van der Waals surface area (Å²) in [5.41, 5.74) is -0.460. The molecule has 6 atom stereocenters. The summed E-state index contributed by atoms with van der Waals surface area (Å²) in [4.78, 5) is 151. The molecule has 23 heteroatoms. The Hall–Kier alpha value is -7.14. The van der Waals surface area contributed by atoms with Crippen LogP contribution in [0.15, 0.2) is 47.9 Å². The van der Waals surface area contributed by atoms with E-state index in [1.165, 1.54) is 31.4 Å². The quantitative estimate of drug-likeness (QED) is 0.0505. The maximum Gasteiger partial charge on any atom is 0.311 e. The van der Waals surface area contributed by atoms with Crippen LogP contribution in [-0.4, -0.2) is 153 Å². The summed E-state index contributed by atoms with van der Waals surface area (Å²) in [7, 11) is 5.19. The molecule has 4 N–H and O–H groups in total. The molecule has 6 unspecified atom stereocenters. The first kappa shape index (κ1) is 61.4. The zero-order chi connectivity index (χ0) is 56.8. The fourth-order valence-corrected chi connectivity index (χ4v) is 9.09. The van der Waals surface area contributed by atoms with Gasteiger partial charge in [-0.2, -0.15) is 0 Å². The fourth-order valence-electron chi connectivity index (χ4n) is 8.25. The lowest BCUT2D eigenvalue weighted by Crippen LogP contribution is -2.60. The summed E-state index contributed by atoms with van der Waals surface area (Å²) in [6, 6.07) is 2.23. The van der Waals surface area contributed by atoms with Crippen LogP contribution in [0.2, 0.25) is 0 Å². The van der Waals surface area contributed by atoms with Gasteiger partial charge in [0.1, 0.15) is 16.7 Å². The first-order valence-corrected chi connectivity index (χ1v) is 26.1. The summed E-state index contributed by atoms with van der Waals surface area (Å²) in [5.74, 6) is -7.81. The number of thiazole rings is 1. The lowest BCUT2D eigenvalue weighted by Gasteiger charge is -2.38. The Morgan fingerprint density at radius 3 is 1.93 bits per heavy atom. The molecule has 1 aromatic carbocycles. The Morgan fingerprint density at radius 1 is 0.829 bits per heavy atom. The molecule has 3 heterocycles. The van der Waals surface area contributed by atoms with Crippen molar-refractivity contribution in [2.45, 2.75) is 137 Å². The Kier molecular flexibility index (Phi) is 22.3. The van der Waals surface area contributed by atoms with Crippen molar-refractivity contribution in [3.8, 4) is 5.75 Å². The summed E-state index contributed by atoms with van der Waals surface area (Å²) in [5, 5.41) is 20.2. The number of carbonyl (C=O) groups is 11. The molecule has 0 spiro atoms. The van der Waals surface area contributed by atoms with Crippen LogP contribution in [-0.2, 0) is 59.1 Å². The molecule has 0 bridgehead atoms. The summed E-state index contributed by atoms with van der Waals surface area (Å²) >= 11 is 1.05. The van der Waals surface area contributed by atoms with Gasteiger partial charge in [0, 0.05) is 88.1 Å². The Morgan fingerprint density at radius 2 is 1.41 bits per heavy atom. The third-order valence-electron chi connectivity index (χ3n) is 13.6. The Bertz CT molecular complexity index is 2550. The highest BCUT2D eigenvalue weighted by atomic mass is 32.1. The normalized spacial score (nSPS) is 15.9. The smallest absolute Gasteiger partial charge is 0.311 e. The van der Waals surface area contributed by atoms with E-state index in [4.69, 9.17) is 9.47 Å². The van der Waals surface area contributed by atoms with Crippen molar-refractivity contribution in [2.75, 3.05) is 39.5 Å². The number of amides is 8. The highest BCUT2D eigenvalue weighted by Crippen LogP contribution is 2.32. The number of likely N-dealkylation sites (N-methyl/N-ethyl adjacent to an activating group) is 2. The second-order valence-electron chi connectivity index (χ2n) is 20.2. The maximum atomic E-state index is 14.3. The van der Waals surface area contributed by atoms with Crippen LogP contribution in [0.4, 0.5) is 5.69 Å². The first-order valence-electron chi connectivity index (χ1n) is 25.3. The molecular formula is C53H72N8O14S. The van der Waals surface area contributed by atoms with E-state index in [0.29, 0.717) is 12.0 Å². The lowest BCUT2D eigenvalue weighted by atomic mass is 9.92. The highest BCUT2D eigenvalue weighted by molar-refractivity contribution is 7.09. The summed E-state index contributed by atoms with van der Waals surface area (Å²) < 4.78 is 11.4. The molecule has 0 aliphatic carbocycles. The number of anilines is 1. The molecule has 2 aliphatic rings. The van der Waals surface area contributed by atoms with E-state index in [9.17, 15) is 57.8 Å². The number of aromatic nitrogens is 1. The number of nitrogens with zero attached hydrogens (tertiary/aromatic N) is 5. The summed E-state index contributed by atoms with van der Waals surface area (Å²) in [6.07, 6.45) is 4.00. The minimum Gasteiger partial charge on any atom is -0.481 e. The number of benzene rings is 1. The van der Waals surface area contributed by atoms with E-state index in [1.54, 1.807) is 50.9 Å². The van der Waals surface area contributed by atoms with Gasteiger partial charge in [0.2, 0.25) is 17.7 Å². The summed E-state index contributed by atoms with van der Waals surface area (Å²) in [6.45, 7) is 13.8. The molecule has 8 amide bonds. The number of carboxylic acid groups (broad SMARTS) is 1. The first-order chi connectivity index (χ1) is 35.6. The van der Waals surface area contributed by atoms with E-state index in [2.05, 4.69) is 20.9 Å². The van der Waals surface area contributed by atoms with Crippen LogP contribution in [0.5, 0.6) is 5.75 Å². The van der Waals surface area contributed by atoms with E-state index in [0.717, 1.165) is 45.4 Å². The number of hydrogen-bond donors (Lipinski definition) is 4. The van der Waals surface area contributed by atoms with Crippen LogP contribution < -0.4 is 20.7 Å². The van der Waals surface area contributed by atoms with Crippen LogP contribution in [0.1, 0.15) is 127 Å². The Balaban J connectivity index is 1.57. The van der Waals surface area contributed by atoms with Gasteiger partial charge < -0.3 is 35.4 Å². The minimum atomic E-state index is -1.13. The van der Waals surface area contributed by atoms with Crippen LogP contribution in [0, 0.1) is 17.8 Å². The number of carbonyl (C=O) groups excluding carboxylic acids is 10. The molecule has 76 heavy (non-hydrogen) atoms. The fraction of sp³-hybridized carbons (Fsp3) is 0.547. The highest BCUT2D eigenvalue weighted by Gasteiger charge is 2.39. The van der Waals surface area contributed by atoms with Crippen molar-refractivity contribution >= 4 is 82.2 Å². The van der Waals surface area contributed by atoms with Crippen molar-refractivity contribution in [1.82, 2.24) is 35.2 Å².